The Hall–Kier alpha value is -0.740. The molecule has 0 saturated carbocycles. The van der Waals surface area contributed by atoms with Gasteiger partial charge in [-0.25, -0.2) is 0 Å². The molecule has 4 heteroatoms. The van der Waals surface area contributed by atoms with Gasteiger partial charge in [0, 0.05) is 32.4 Å². The van der Waals surface area contributed by atoms with E-state index in [1.165, 1.54) is 0 Å². The number of likely N-dealkylation sites (tertiary alicyclic amines) is 2. The molecule has 0 aromatic rings. The molecule has 0 aromatic carbocycles. The van der Waals surface area contributed by atoms with E-state index in [2.05, 4.69) is 23.6 Å². The molecular formula is C14H26N2O2. The van der Waals surface area contributed by atoms with Crippen molar-refractivity contribution in [1.29, 1.82) is 0 Å². The van der Waals surface area contributed by atoms with Gasteiger partial charge >= 0.3 is 0 Å². The number of rotatable bonds is 2. The number of carbonyl (C=O) groups is 2. The van der Waals surface area contributed by atoms with E-state index in [0.717, 1.165) is 58.4 Å². The normalized spacial score (nSPS) is 22.6. The van der Waals surface area contributed by atoms with E-state index in [1.807, 2.05) is 0 Å². The molecule has 0 spiro atoms. The number of Topliss-reactive ketones (excluding diaryl/α,β-unsaturated/α-hetero) is 2. The summed E-state index contributed by atoms with van der Waals surface area (Å²) in [5.74, 6) is 0.836. The maximum Gasteiger partial charge on any atom is 0.146 e. The van der Waals surface area contributed by atoms with Gasteiger partial charge in [-0.2, -0.15) is 0 Å². The van der Waals surface area contributed by atoms with Crippen LogP contribution in [-0.2, 0) is 9.59 Å². The molecule has 0 atom stereocenters. The van der Waals surface area contributed by atoms with Crippen molar-refractivity contribution in [3.63, 3.8) is 0 Å². The van der Waals surface area contributed by atoms with Crippen molar-refractivity contribution in [2.45, 2.75) is 39.5 Å². The van der Waals surface area contributed by atoms with Crippen LogP contribution in [0.1, 0.15) is 39.5 Å². The first-order valence-electron chi connectivity index (χ1n) is 7.13. The van der Waals surface area contributed by atoms with Crippen molar-refractivity contribution in [2.75, 3.05) is 39.3 Å². The second kappa shape index (κ2) is 8.38. The van der Waals surface area contributed by atoms with E-state index in [-0.39, 0.29) is 0 Å². The summed E-state index contributed by atoms with van der Waals surface area (Å²) in [6.07, 6.45) is 3.41. The van der Waals surface area contributed by atoms with E-state index in [9.17, 15) is 9.59 Å². The minimum atomic E-state index is 0.406. The summed E-state index contributed by atoms with van der Waals surface area (Å²) in [4.78, 5) is 26.0. The first-order chi connectivity index (χ1) is 8.65. The fourth-order valence-corrected chi connectivity index (χ4v) is 2.30. The van der Waals surface area contributed by atoms with E-state index in [0.29, 0.717) is 18.1 Å². The van der Waals surface area contributed by atoms with Crippen molar-refractivity contribution in [3.8, 4) is 0 Å². The number of hydrogen-bond acceptors (Lipinski definition) is 4. The van der Waals surface area contributed by atoms with E-state index in [1.54, 1.807) is 0 Å². The predicted octanol–water partition coefficient (Wildman–Crippen LogP) is 1.34. The maximum absolute atomic E-state index is 10.8. The van der Waals surface area contributed by atoms with Gasteiger partial charge in [-0.15, -0.1) is 0 Å². The van der Waals surface area contributed by atoms with Gasteiger partial charge in [0.25, 0.3) is 0 Å². The zero-order chi connectivity index (χ0) is 13.4. The fourth-order valence-electron chi connectivity index (χ4n) is 2.30. The highest BCUT2D eigenvalue weighted by molar-refractivity contribution is 5.81. The summed E-state index contributed by atoms with van der Waals surface area (Å²) in [5.41, 5.74) is 0. The number of likely N-dealkylation sites (N-methyl/N-ethyl adjacent to an activating group) is 1. The van der Waals surface area contributed by atoms with Gasteiger partial charge < -0.3 is 4.90 Å². The first kappa shape index (κ1) is 15.3. The summed E-state index contributed by atoms with van der Waals surface area (Å²) >= 11 is 0. The van der Waals surface area contributed by atoms with Gasteiger partial charge in [-0.05, 0) is 26.1 Å². The molecule has 0 aromatic heterocycles. The molecule has 18 heavy (non-hydrogen) atoms. The Morgan fingerprint density at radius 2 is 1.44 bits per heavy atom. The summed E-state index contributed by atoms with van der Waals surface area (Å²) in [6, 6.07) is 0. The van der Waals surface area contributed by atoms with Crippen LogP contribution >= 0.6 is 0 Å². The Balaban J connectivity index is 0.000000180. The van der Waals surface area contributed by atoms with Crippen LogP contribution in [0.4, 0.5) is 0 Å². The van der Waals surface area contributed by atoms with Gasteiger partial charge in [0.05, 0.1) is 6.54 Å². The molecular weight excluding hydrogens is 228 g/mol. The Morgan fingerprint density at radius 3 is 1.89 bits per heavy atom. The second-order valence-electron chi connectivity index (χ2n) is 4.98. The molecule has 4 nitrogen and oxygen atoms in total. The van der Waals surface area contributed by atoms with Crippen LogP contribution in [0.15, 0.2) is 0 Å². The SMILES string of the molecule is CCN1CCC(=O)CC1.CCN1CCCC(=O)C1. The molecule has 0 aliphatic carbocycles. The smallest absolute Gasteiger partial charge is 0.146 e. The van der Waals surface area contributed by atoms with Crippen molar-refractivity contribution in [3.05, 3.63) is 0 Å². The van der Waals surface area contributed by atoms with Gasteiger partial charge in [0.15, 0.2) is 0 Å². The molecule has 2 fully saturated rings. The van der Waals surface area contributed by atoms with E-state index in [4.69, 9.17) is 0 Å². The molecule has 2 aliphatic rings. The van der Waals surface area contributed by atoms with Gasteiger partial charge in [-0.3, -0.25) is 14.5 Å². The quantitative estimate of drug-likeness (QED) is 0.745. The molecule has 0 unspecified atom stereocenters. The molecule has 0 amide bonds. The highest BCUT2D eigenvalue weighted by atomic mass is 16.1. The fraction of sp³-hybridized carbons (Fsp3) is 0.857. The van der Waals surface area contributed by atoms with Crippen molar-refractivity contribution < 1.29 is 9.59 Å². The van der Waals surface area contributed by atoms with Crippen LogP contribution in [-0.4, -0.2) is 60.6 Å². The van der Waals surface area contributed by atoms with Crippen LogP contribution in [0.25, 0.3) is 0 Å². The molecule has 0 bridgehead atoms. The molecule has 2 rings (SSSR count). The lowest BCUT2D eigenvalue weighted by Crippen LogP contribution is -2.35. The highest BCUT2D eigenvalue weighted by Gasteiger charge is 2.14. The van der Waals surface area contributed by atoms with Crippen LogP contribution < -0.4 is 0 Å². The number of ketones is 2. The average molecular weight is 254 g/mol. The Labute approximate surface area is 110 Å². The van der Waals surface area contributed by atoms with E-state index >= 15 is 0 Å². The van der Waals surface area contributed by atoms with Crippen LogP contribution in [0, 0.1) is 0 Å². The summed E-state index contributed by atoms with van der Waals surface area (Å²) in [6.45, 7) is 10.1. The summed E-state index contributed by atoms with van der Waals surface area (Å²) in [5, 5.41) is 0. The van der Waals surface area contributed by atoms with Crippen molar-refractivity contribution in [2.24, 2.45) is 0 Å². The summed E-state index contributed by atoms with van der Waals surface area (Å²) in [7, 11) is 0. The largest absolute Gasteiger partial charge is 0.303 e. The van der Waals surface area contributed by atoms with Crippen LogP contribution in [0.3, 0.4) is 0 Å². The zero-order valence-electron chi connectivity index (χ0n) is 11.8. The monoisotopic (exact) mass is 254 g/mol. The number of carbonyl (C=O) groups excluding carboxylic acids is 2. The average Bonchev–Trinajstić information content (AvgIpc) is 2.40. The minimum Gasteiger partial charge on any atom is -0.303 e. The second-order valence-corrected chi connectivity index (χ2v) is 4.98. The molecule has 2 saturated heterocycles. The lowest BCUT2D eigenvalue weighted by Gasteiger charge is -2.23. The molecule has 0 N–H and O–H groups in total. The van der Waals surface area contributed by atoms with Crippen LogP contribution in [0.2, 0.25) is 0 Å². The number of piperidine rings is 2. The Kier molecular flexibility index (Phi) is 7.13. The standard InChI is InChI=1S/2C7H13NO/c1-2-8-5-3-7(9)4-6-8;1-2-8-5-3-4-7(9)6-8/h2*2-6H2,1H3. The van der Waals surface area contributed by atoms with Crippen LogP contribution in [0.5, 0.6) is 0 Å². The lowest BCUT2D eigenvalue weighted by molar-refractivity contribution is -0.122. The van der Waals surface area contributed by atoms with Crippen molar-refractivity contribution >= 4 is 11.6 Å². The third kappa shape index (κ3) is 5.74. The highest BCUT2D eigenvalue weighted by Crippen LogP contribution is 2.04. The van der Waals surface area contributed by atoms with Crippen molar-refractivity contribution in [1.82, 2.24) is 9.80 Å². The summed E-state index contributed by atoms with van der Waals surface area (Å²) < 4.78 is 0. The predicted molar refractivity (Wildman–Crippen MR) is 72.7 cm³/mol. The topological polar surface area (TPSA) is 40.6 Å². The molecule has 104 valence electrons. The zero-order valence-corrected chi connectivity index (χ0v) is 11.8. The van der Waals surface area contributed by atoms with E-state index < -0.39 is 0 Å². The maximum atomic E-state index is 10.8. The molecule has 2 aliphatic heterocycles. The Morgan fingerprint density at radius 1 is 0.833 bits per heavy atom. The third-order valence-electron chi connectivity index (χ3n) is 3.64. The Bertz CT molecular complexity index is 269. The molecule has 0 radical (unpaired) electrons. The van der Waals surface area contributed by atoms with Gasteiger partial charge in [0.1, 0.15) is 11.6 Å². The van der Waals surface area contributed by atoms with Gasteiger partial charge in [0.2, 0.25) is 0 Å². The third-order valence-corrected chi connectivity index (χ3v) is 3.64. The minimum absolute atomic E-state index is 0.406. The first-order valence-corrected chi connectivity index (χ1v) is 7.13. The number of nitrogens with zero attached hydrogens (tertiary/aromatic N) is 2. The lowest BCUT2D eigenvalue weighted by atomic mass is 10.1. The number of hydrogen-bond donors (Lipinski definition) is 0. The molecule has 2 heterocycles. The van der Waals surface area contributed by atoms with Gasteiger partial charge in [-0.1, -0.05) is 13.8 Å².